The summed E-state index contributed by atoms with van der Waals surface area (Å²) in [7, 11) is 1.69. The number of rotatable bonds is 6. The standard InChI is InChI=1S/C23H26N4O2/c1-29-20-4-5-22-21(17-20)23(27-12-10-26(11-13-27)14-15-28)16-19(25-22)3-2-18-6-8-24-9-7-18/h2-9,16-17,28H,10-15H2,1H3/b3-2+. The molecule has 2 aromatic heterocycles. The molecule has 1 saturated heterocycles. The van der Waals surface area contributed by atoms with Gasteiger partial charge in [0.1, 0.15) is 5.75 Å². The summed E-state index contributed by atoms with van der Waals surface area (Å²) in [5.74, 6) is 0.833. The van der Waals surface area contributed by atoms with Crippen LogP contribution in [0.25, 0.3) is 23.1 Å². The average Bonchev–Trinajstić information content (AvgIpc) is 2.78. The Morgan fingerprint density at radius 2 is 1.83 bits per heavy atom. The van der Waals surface area contributed by atoms with Crippen LogP contribution in [0.4, 0.5) is 5.69 Å². The molecule has 0 aliphatic carbocycles. The summed E-state index contributed by atoms with van der Waals surface area (Å²) in [6.07, 6.45) is 7.68. The van der Waals surface area contributed by atoms with Gasteiger partial charge in [0.25, 0.3) is 0 Å². The molecule has 1 fully saturated rings. The molecule has 6 nitrogen and oxygen atoms in total. The summed E-state index contributed by atoms with van der Waals surface area (Å²) in [5, 5.41) is 10.3. The average molecular weight is 390 g/mol. The third-order valence-corrected chi connectivity index (χ3v) is 5.30. The van der Waals surface area contributed by atoms with E-state index in [1.54, 1.807) is 19.5 Å². The van der Waals surface area contributed by atoms with Crippen molar-refractivity contribution in [2.45, 2.75) is 0 Å². The van der Waals surface area contributed by atoms with Gasteiger partial charge in [-0.1, -0.05) is 6.08 Å². The van der Waals surface area contributed by atoms with Gasteiger partial charge in [0.15, 0.2) is 0 Å². The second-order valence-corrected chi connectivity index (χ2v) is 7.12. The SMILES string of the molecule is COc1ccc2nc(/C=C/c3ccncc3)cc(N3CCN(CCO)CC3)c2c1. The Morgan fingerprint density at radius 1 is 1.03 bits per heavy atom. The van der Waals surface area contributed by atoms with E-state index in [0.717, 1.165) is 60.6 Å². The van der Waals surface area contributed by atoms with Crippen molar-refractivity contribution in [2.75, 3.05) is 51.3 Å². The number of benzene rings is 1. The summed E-state index contributed by atoms with van der Waals surface area (Å²) in [6.45, 7) is 4.67. The first kappa shape index (κ1) is 19.4. The normalized spacial score (nSPS) is 15.3. The van der Waals surface area contributed by atoms with Gasteiger partial charge >= 0.3 is 0 Å². The molecule has 0 saturated carbocycles. The molecule has 3 heterocycles. The number of methoxy groups -OCH3 is 1. The van der Waals surface area contributed by atoms with E-state index in [0.29, 0.717) is 0 Å². The Labute approximate surface area is 171 Å². The van der Waals surface area contributed by atoms with E-state index < -0.39 is 0 Å². The van der Waals surface area contributed by atoms with Gasteiger partial charge in [-0.05, 0) is 48.0 Å². The molecule has 1 aromatic carbocycles. The highest BCUT2D eigenvalue weighted by Gasteiger charge is 2.19. The first-order valence-corrected chi connectivity index (χ1v) is 9.92. The van der Waals surface area contributed by atoms with Crippen LogP contribution in [-0.2, 0) is 0 Å². The molecule has 0 bridgehead atoms. The number of β-amino-alcohol motifs (C(OH)–C–C–N with tert-alkyl or cyclic N) is 1. The molecule has 1 aliphatic heterocycles. The van der Waals surface area contributed by atoms with Crippen LogP contribution < -0.4 is 9.64 Å². The van der Waals surface area contributed by atoms with Crippen molar-refractivity contribution in [3.05, 3.63) is 60.0 Å². The molecule has 1 aliphatic rings. The highest BCUT2D eigenvalue weighted by Crippen LogP contribution is 2.31. The summed E-state index contributed by atoms with van der Waals surface area (Å²) in [5.41, 5.74) is 4.14. The maximum Gasteiger partial charge on any atom is 0.119 e. The molecule has 4 rings (SSSR count). The van der Waals surface area contributed by atoms with Gasteiger partial charge in [-0.25, -0.2) is 4.98 Å². The third-order valence-electron chi connectivity index (χ3n) is 5.30. The van der Waals surface area contributed by atoms with Crippen LogP contribution in [0, 0.1) is 0 Å². The van der Waals surface area contributed by atoms with E-state index in [-0.39, 0.29) is 6.61 Å². The van der Waals surface area contributed by atoms with Gasteiger partial charge in [-0.3, -0.25) is 9.88 Å². The van der Waals surface area contributed by atoms with Gasteiger partial charge in [0.05, 0.1) is 24.9 Å². The van der Waals surface area contributed by atoms with Gasteiger partial charge < -0.3 is 14.7 Å². The van der Waals surface area contributed by atoms with Crippen LogP contribution in [0.2, 0.25) is 0 Å². The van der Waals surface area contributed by atoms with Crippen molar-refractivity contribution >= 4 is 28.7 Å². The molecule has 150 valence electrons. The topological polar surface area (TPSA) is 61.7 Å². The van der Waals surface area contributed by atoms with Gasteiger partial charge in [0, 0.05) is 56.2 Å². The molecule has 0 spiro atoms. The maximum atomic E-state index is 9.20. The lowest BCUT2D eigenvalue weighted by Crippen LogP contribution is -2.47. The lowest BCUT2D eigenvalue weighted by Gasteiger charge is -2.36. The summed E-state index contributed by atoms with van der Waals surface area (Å²) < 4.78 is 5.45. The van der Waals surface area contributed by atoms with E-state index in [1.807, 2.05) is 30.3 Å². The minimum absolute atomic E-state index is 0.208. The molecule has 3 aromatic rings. The lowest BCUT2D eigenvalue weighted by molar-refractivity contribution is 0.189. The van der Waals surface area contributed by atoms with Crippen molar-refractivity contribution in [2.24, 2.45) is 0 Å². The Kier molecular flexibility index (Phi) is 6.03. The number of hydrogen-bond acceptors (Lipinski definition) is 6. The Balaban J connectivity index is 1.69. The molecule has 29 heavy (non-hydrogen) atoms. The molecule has 1 N–H and O–H groups in total. The highest BCUT2D eigenvalue weighted by atomic mass is 16.5. The zero-order valence-electron chi connectivity index (χ0n) is 16.7. The summed E-state index contributed by atoms with van der Waals surface area (Å²) >= 11 is 0. The number of aromatic nitrogens is 2. The number of anilines is 1. The predicted octanol–water partition coefficient (Wildman–Crippen LogP) is 2.92. The molecule has 0 radical (unpaired) electrons. The number of nitrogens with zero attached hydrogens (tertiary/aromatic N) is 4. The summed E-state index contributed by atoms with van der Waals surface area (Å²) in [6, 6.07) is 12.1. The summed E-state index contributed by atoms with van der Waals surface area (Å²) in [4.78, 5) is 13.6. The fourth-order valence-corrected chi connectivity index (χ4v) is 3.69. The Morgan fingerprint density at radius 3 is 2.55 bits per heavy atom. The Bertz CT molecular complexity index is 983. The molecular formula is C23H26N4O2. The lowest BCUT2D eigenvalue weighted by atomic mass is 10.1. The van der Waals surface area contributed by atoms with Crippen LogP contribution in [-0.4, -0.2) is 66.4 Å². The van der Waals surface area contributed by atoms with E-state index in [1.165, 1.54) is 5.69 Å². The number of pyridine rings is 2. The van der Waals surface area contributed by atoms with Gasteiger partial charge in [-0.2, -0.15) is 0 Å². The fourth-order valence-electron chi connectivity index (χ4n) is 3.69. The monoisotopic (exact) mass is 390 g/mol. The fraction of sp³-hybridized carbons (Fsp3) is 0.304. The largest absolute Gasteiger partial charge is 0.497 e. The van der Waals surface area contributed by atoms with Crippen LogP contribution >= 0.6 is 0 Å². The second-order valence-electron chi connectivity index (χ2n) is 7.12. The van der Waals surface area contributed by atoms with Crippen molar-refractivity contribution in [3.63, 3.8) is 0 Å². The number of piperazine rings is 1. The van der Waals surface area contributed by atoms with Crippen LogP contribution in [0.15, 0.2) is 48.8 Å². The number of aliphatic hydroxyl groups is 1. The predicted molar refractivity (Wildman–Crippen MR) is 117 cm³/mol. The zero-order valence-corrected chi connectivity index (χ0v) is 16.7. The van der Waals surface area contributed by atoms with Crippen molar-refractivity contribution in [1.82, 2.24) is 14.9 Å². The Hall–Kier alpha value is -2.96. The third kappa shape index (κ3) is 4.55. The smallest absolute Gasteiger partial charge is 0.119 e. The highest BCUT2D eigenvalue weighted by molar-refractivity contribution is 5.94. The first-order valence-electron chi connectivity index (χ1n) is 9.92. The van der Waals surface area contributed by atoms with Crippen molar-refractivity contribution < 1.29 is 9.84 Å². The quantitative estimate of drug-likeness (QED) is 0.698. The molecular weight excluding hydrogens is 364 g/mol. The van der Waals surface area contributed by atoms with E-state index in [2.05, 4.69) is 33.0 Å². The van der Waals surface area contributed by atoms with Crippen molar-refractivity contribution in [1.29, 1.82) is 0 Å². The minimum Gasteiger partial charge on any atom is -0.497 e. The molecule has 6 heteroatoms. The van der Waals surface area contributed by atoms with E-state index >= 15 is 0 Å². The number of fused-ring (bicyclic) bond motifs is 1. The zero-order chi connectivity index (χ0) is 20.1. The van der Waals surface area contributed by atoms with Crippen LogP contribution in [0.1, 0.15) is 11.3 Å². The van der Waals surface area contributed by atoms with Gasteiger partial charge in [0.2, 0.25) is 0 Å². The second kappa shape index (κ2) is 9.03. The van der Waals surface area contributed by atoms with Gasteiger partial charge in [-0.15, -0.1) is 0 Å². The van der Waals surface area contributed by atoms with Crippen molar-refractivity contribution in [3.8, 4) is 5.75 Å². The molecule has 0 atom stereocenters. The maximum absolute atomic E-state index is 9.20. The molecule has 0 unspecified atom stereocenters. The number of ether oxygens (including phenoxy) is 1. The van der Waals surface area contributed by atoms with E-state index in [9.17, 15) is 5.11 Å². The number of aliphatic hydroxyl groups excluding tert-OH is 1. The molecule has 0 amide bonds. The van der Waals surface area contributed by atoms with Crippen LogP contribution in [0.3, 0.4) is 0 Å². The number of hydrogen-bond donors (Lipinski definition) is 1. The first-order chi connectivity index (χ1) is 14.3. The minimum atomic E-state index is 0.208. The van der Waals surface area contributed by atoms with E-state index in [4.69, 9.17) is 9.72 Å². The van der Waals surface area contributed by atoms with Crippen LogP contribution in [0.5, 0.6) is 5.75 Å².